The van der Waals surface area contributed by atoms with Crippen LogP contribution in [0.25, 0.3) is 0 Å². The third kappa shape index (κ3) is 3.91. The zero-order valence-corrected chi connectivity index (χ0v) is 12.3. The zero-order valence-electron chi connectivity index (χ0n) is 12.3. The molecule has 0 bridgehead atoms. The fraction of sp³-hybridized carbons (Fsp3) is 0.667. The summed E-state index contributed by atoms with van der Waals surface area (Å²) in [6.07, 6.45) is 3.96. The molecule has 2 heterocycles. The highest BCUT2D eigenvalue weighted by Gasteiger charge is 2.17. The van der Waals surface area contributed by atoms with Crippen molar-refractivity contribution in [1.29, 1.82) is 0 Å². The van der Waals surface area contributed by atoms with Gasteiger partial charge in [-0.1, -0.05) is 13.8 Å². The molecule has 1 aromatic rings. The van der Waals surface area contributed by atoms with Gasteiger partial charge in [0, 0.05) is 46.0 Å². The minimum atomic E-state index is 0.537. The van der Waals surface area contributed by atoms with Crippen molar-refractivity contribution in [2.75, 3.05) is 51.3 Å². The van der Waals surface area contributed by atoms with Crippen LogP contribution in [0.3, 0.4) is 0 Å². The van der Waals surface area contributed by atoms with Gasteiger partial charge in [-0.25, -0.2) is 0 Å². The van der Waals surface area contributed by atoms with Gasteiger partial charge < -0.3 is 9.64 Å². The minimum Gasteiger partial charge on any atom is -0.383 e. The molecule has 19 heavy (non-hydrogen) atoms. The Kier molecular flexibility index (Phi) is 5.16. The van der Waals surface area contributed by atoms with Gasteiger partial charge in [0.25, 0.3) is 0 Å². The summed E-state index contributed by atoms with van der Waals surface area (Å²) >= 11 is 0. The number of hydrogen-bond donors (Lipinski definition) is 0. The molecule has 4 heteroatoms. The second-order valence-electron chi connectivity index (χ2n) is 5.45. The summed E-state index contributed by atoms with van der Waals surface area (Å²) in [7, 11) is 1.76. The van der Waals surface area contributed by atoms with Crippen LogP contribution in [0.15, 0.2) is 18.5 Å². The first-order chi connectivity index (χ1) is 9.20. The van der Waals surface area contributed by atoms with Gasteiger partial charge in [-0.05, 0) is 17.5 Å². The first-order valence-electron chi connectivity index (χ1n) is 7.12. The van der Waals surface area contributed by atoms with Crippen LogP contribution < -0.4 is 4.90 Å². The Morgan fingerprint density at radius 1 is 1.21 bits per heavy atom. The lowest BCUT2D eigenvalue weighted by Gasteiger charge is -2.36. The largest absolute Gasteiger partial charge is 0.383 e. The van der Waals surface area contributed by atoms with Gasteiger partial charge in [0.15, 0.2) is 0 Å². The SMILES string of the molecule is COCCN1CCN(c2cncc(C(C)C)c2)CC1. The van der Waals surface area contributed by atoms with Crippen molar-refractivity contribution in [3.05, 3.63) is 24.0 Å². The van der Waals surface area contributed by atoms with Crippen LogP contribution in [0, 0.1) is 0 Å². The van der Waals surface area contributed by atoms with E-state index in [2.05, 4.69) is 34.7 Å². The Labute approximate surface area is 116 Å². The topological polar surface area (TPSA) is 28.6 Å². The first-order valence-corrected chi connectivity index (χ1v) is 7.12. The van der Waals surface area contributed by atoms with E-state index in [0.717, 1.165) is 39.3 Å². The number of aromatic nitrogens is 1. The highest BCUT2D eigenvalue weighted by molar-refractivity contribution is 5.47. The van der Waals surface area contributed by atoms with Crippen LogP contribution in [0.2, 0.25) is 0 Å². The van der Waals surface area contributed by atoms with Crippen LogP contribution in [-0.4, -0.2) is 56.3 Å². The van der Waals surface area contributed by atoms with E-state index in [9.17, 15) is 0 Å². The van der Waals surface area contributed by atoms with Crippen molar-refractivity contribution in [3.8, 4) is 0 Å². The molecule has 0 aromatic carbocycles. The zero-order chi connectivity index (χ0) is 13.7. The standard InChI is InChI=1S/C15H25N3O/c1-13(2)14-10-15(12-16-11-14)18-6-4-17(5-7-18)8-9-19-3/h10-13H,4-9H2,1-3H3. The molecule has 1 fully saturated rings. The number of piperazine rings is 1. The molecular weight excluding hydrogens is 238 g/mol. The predicted molar refractivity (Wildman–Crippen MR) is 78.9 cm³/mol. The molecule has 2 rings (SSSR count). The molecule has 0 N–H and O–H groups in total. The average Bonchev–Trinajstić information content (AvgIpc) is 2.46. The molecule has 1 saturated heterocycles. The summed E-state index contributed by atoms with van der Waals surface area (Å²) in [5.41, 5.74) is 2.58. The Bertz CT molecular complexity index is 387. The lowest BCUT2D eigenvalue weighted by molar-refractivity contribution is 0.144. The van der Waals surface area contributed by atoms with E-state index in [4.69, 9.17) is 4.74 Å². The van der Waals surface area contributed by atoms with Crippen LogP contribution in [-0.2, 0) is 4.74 Å². The highest BCUT2D eigenvalue weighted by Crippen LogP contribution is 2.21. The molecule has 0 amide bonds. The monoisotopic (exact) mass is 263 g/mol. The van der Waals surface area contributed by atoms with E-state index >= 15 is 0 Å². The van der Waals surface area contributed by atoms with Crippen LogP contribution in [0.5, 0.6) is 0 Å². The van der Waals surface area contributed by atoms with Crippen molar-refractivity contribution >= 4 is 5.69 Å². The molecule has 106 valence electrons. The molecule has 1 aliphatic heterocycles. The van der Waals surface area contributed by atoms with Crippen LogP contribution in [0.4, 0.5) is 5.69 Å². The van der Waals surface area contributed by atoms with Crippen molar-refractivity contribution in [1.82, 2.24) is 9.88 Å². The molecule has 1 aliphatic rings. The predicted octanol–water partition coefficient (Wildman–Crippen LogP) is 1.97. The fourth-order valence-electron chi connectivity index (χ4n) is 2.38. The maximum absolute atomic E-state index is 5.13. The molecule has 0 unspecified atom stereocenters. The summed E-state index contributed by atoms with van der Waals surface area (Å²) in [5.74, 6) is 0.537. The second-order valence-corrected chi connectivity index (χ2v) is 5.45. The Morgan fingerprint density at radius 3 is 2.58 bits per heavy atom. The molecule has 4 nitrogen and oxygen atoms in total. The minimum absolute atomic E-state index is 0.537. The number of ether oxygens (including phenoxy) is 1. The summed E-state index contributed by atoms with van der Waals surface area (Å²) in [4.78, 5) is 9.27. The first kappa shape index (κ1) is 14.3. The van der Waals surface area contributed by atoms with E-state index < -0.39 is 0 Å². The third-order valence-electron chi connectivity index (χ3n) is 3.76. The van der Waals surface area contributed by atoms with Gasteiger partial charge in [0.1, 0.15) is 0 Å². The Balaban J connectivity index is 1.92. The molecule has 0 saturated carbocycles. The molecule has 0 aliphatic carbocycles. The Morgan fingerprint density at radius 2 is 1.95 bits per heavy atom. The van der Waals surface area contributed by atoms with Crippen molar-refractivity contribution in [2.24, 2.45) is 0 Å². The Hall–Kier alpha value is -1.13. The highest BCUT2D eigenvalue weighted by atomic mass is 16.5. The summed E-state index contributed by atoms with van der Waals surface area (Å²) in [6.45, 7) is 10.6. The number of pyridine rings is 1. The summed E-state index contributed by atoms with van der Waals surface area (Å²) in [5, 5.41) is 0. The van der Waals surface area contributed by atoms with E-state index in [-0.39, 0.29) is 0 Å². The van der Waals surface area contributed by atoms with Gasteiger partial charge in [-0.2, -0.15) is 0 Å². The summed E-state index contributed by atoms with van der Waals surface area (Å²) < 4.78 is 5.13. The van der Waals surface area contributed by atoms with Crippen molar-refractivity contribution < 1.29 is 4.74 Å². The summed E-state index contributed by atoms with van der Waals surface area (Å²) in [6, 6.07) is 2.28. The average molecular weight is 263 g/mol. The second kappa shape index (κ2) is 6.87. The molecule has 1 aromatic heterocycles. The quantitative estimate of drug-likeness (QED) is 0.812. The van der Waals surface area contributed by atoms with Crippen molar-refractivity contribution in [3.63, 3.8) is 0 Å². The molecule has 0 radical (unpaired) electrons. The normalized spacial score (nSPS) is 17.2. The smallest absolute Gasteiger partial charge is 0.0589 e. The number of rotatable bonds is 5. The van der Waals surface area contributed by atoms with Crippen LogP contribution in [0.1, 0.15) is 25.3 Å². The maximum Gasteiger partial charge on any atom is 0.0589 e. The number of anilines is 1. The number of hydrogen-bond acceptors (Lipinski definition) is 4. The van der Waals surface area contributed by atoms with E-state index in [1.165, 1.54) is 11.3 Å². The molecule has 0 spiro atoms. The maximum atomic E-state index is 5.13. The molecular formula is C15H25N3O. The van der Waals surface area contributed by atoms with Crippen molar-refractivity contribution in [2.45, 2.75) is 19.8 Å². The van der Waals surface area contributed by atoms with Gasteiger partial charge >= 0.3 is 0 Å². The lowest BCUT2D eigenvalue weighted by Crippen LogP contribution is -2.47. The van der Waals surface area contributed by atoms with Gasteiger partial charge in [0.2, 0.25) is 0 Å². The van der Waals surface area contributed by atoms with Gasteiger partial charge in [-0.3, -0.25) is 9.88 Å². The van der Waals surface area contributed by atoms with E-state index in [1.807, 2.05) is 12.4 Å². The molecule has 0 atom stereocenters. The van der Waals surface area contributed by atoms with Gasteiger partial charge in [0.05, 0.1) is 18.5 Å². The lowest BCUT2D eigenvalue weighted by atomic mass is 10.1. The fourth-order valence-corrected chi connectivity index (χ4v) is 2.38. The van der Waals surface area contributed by atoms with Gasteiger partial charge in [-0.15, -0.1) is 0 Å². The number of methoxy groups -OCH3 is 1. The third-order valence-corrected chi connectivity index (χ3v) is 3.76. The van der Waals surface area contributed by atoms with Crippen LogP contribution >= 0.6 is 0 Å². The van der Waals surface area contributed by atoms with E-state index in [0.29, 0.717) is 5.92 Å². The van der Waals surface area contributed by atoms with E-state index in [1.54, 1.807) is 7.11 Å². The number of nitrogens with zero attached hydrogens (tertiary/aromatic N) is 3.